The van der Waals surface area contributed by atoms with E-state index in [0.29, 0.717) is 13.7 Å². The summed E-state index contributed by atoms with van der Waals surface area (Å²) in [4.78, 5) is 46.4. The Balaban J connectivity index is 2.02. The van der Waals surface area contributed by atoms with Gasteiger partial charge in [-0.15, -0.1) is 0 Å². The van der Waals surface area contributed by atoms with E-state index in [2.05, 4.69) is 78.3 Å². The molecule has 3 aromatic heterocycles. The zero-order valence-corrected chi connectivity index (χ0v) is 23.0. The van der Waals surface area contributed by atoms with Gasteiger partial charge in [0.1, 0.15) is 14.9 Å². The lowest BCUT2D eigenvalue weighted by atomic mass is 10.2. The smallest absolute Gasteiger partial charge is 0.425 e. The van der Waals surface area contributed by atoms with E-state index in [-0.39, 0.29) is 34.5 Å². The number of nitrogens with one attached hydrogen (secondary N) is 2. The van der Waals surface area contributed by atoms with Crippen molar-refractivity contribution in [1.82, 2.24) is 30.2 Å². The lowest BCUT2D eigenvalue weighted by molar-refractivity contribution is 0.0639. The van der Waals surface area contributed by atoms with E-state index in [1.807, 2.05) is 0 Å². The molecule has 0 aliphatic carbocycles. The van der Waals surface area contributed by atoms with Crippen LogP contribution in [0.1, 0.15) is 27.9 Å². The molecule has 178 valence electrons. The third kappa shape index (κ3) is 5.74. The summed E-state index contributed by atoms with van der Waals surface area (Å²) in [5, 5.41) is 8.19. The van der Waals surface area contributed by atoms with Gasteiger partial charge in [-0.25, -0.2) is 29.9 Å². The largest absolute Gasteiger partial charge is 0.452 e. The predicted molar refractivity (Wildman–Crippen MR) is 134 cm³/mol. The Morgan fingerprint density at radius 1 is 1.21 bits per heavy atom. The van der Waals surface area contributed by atoms with Crippen molar-refractivity contribution in [2.75, 3.05) is 19.0 Å². The molecule has 3 aromatic rings. The van der Waals surface area contributed by atoms with Gasteiger partial charge >= 0.3 is 6.09 Å². The molecule has 0 bridgehead atoms. The monoisotopic (exact) mass is 677 g/mol. The molecular weight excluding hydrogens is 665 g/mol. The zero-order valence-electron chi connectivity index (χ0n) is 17.5. The number of pyridine rings is 2. The molecule has 15 heteroatoms. The van der Waals surface area contributed by atoms with E-state index in [1.54, 1.807) is 25.1 Å². The minimum Gasteiger partial charge on any atom is -0.452 e. The molecule has 0 saturated carbocycles. The lowest BCUT2D eigenvalue weighted by Crippen LogP contribution is -2.46. The van der Waals surface area contributed by atoms with Crippen LogP contribution in [0.3, 0.4) is 0 Å². The highest BCUT2D eigenvalue weighted by Crippen LogP contribution is 2.30. The second-order valence-corrected chi connectivity index (χ2v) is 9.22. The van der Waals surface area contributed by atoms with Gasteiger partial charge in [0.05, 0.1) is 17.8 Å². The number of methoxy groups -OCH3 is 1. The van der Waals surface area contributed by atoms with Crippen LogP contribution in [0.15, 0.2) is 44.1 Å². The van der Waals surface area contributed by atoms with E-state index in [0.717, 1.165) is 5.01 Å². The van der Waals surface area contributed by atoms with Crippen LogP contribution in [0.25, 0.3) is 5.82 Å². The van der Waals surface area contributed by atoms with Crippen LogP contribution in [0.2, 0.25) is 5.02 Å². The van der Waals surface area contributed by atoms with Gasteiger partial charge in [-0.2, -0.15) is 5.10 Å². The molecule has 0 fully saturated rings. The number of amides is 3. The van der Waals surface area contributed by atoms with Gasteiger partial charge in [-0.3, -0.25) is 9.59 Å². The van der Waals surface area contributed by atoms with Crippen LogP contribution in [-0.2, 0) is 4.74 Å². The number of carbonyl (C=O) groups excluding carboxylic acids is 3. The molecule has 0 radical (unpaired) electrons. The average Bonchev–Trinajstić information content (AvgIpc) is 3.20. The first-order chi connectivity index (χ1) is 16.2. The maximum Gasteiger partial charge on any atom is 0.425 e. The molecule has 34 heavy (non-hydrogen) atoms. The third-order valence-electron chi connectivity index (χ3n) is 4.21. The lowest BCUT2D eigenvalue weighted by Gasteiger charge is -2.22. The maximum absolute atomic E-state index is 13.3. The minimum atomic E-state index is -0.837. The molecule has 0 aliphatic heterocycles. The van der Waals surface area contributed by atoms with Crippen molar-refractivity contribution >= 4 is 83.0 Å². The summed E-state index contributed by atoms with van der Waals surface area (Å²) in [7, 11) is 1.17. The van der Waals surface area contributed by atoms with Crippen LogP contribution in [0, 0.1) is 0 Å². The number of anilines is 1. The predicted octanol–water partition coefficient (Wildman–Crippen LogP) is 4.59. The fourth-order valence-electron chi connectivity index (χ4n) is 2.70. The molecule has 0 unspecified atom stereocenters. The summed E-state index contributed by atoms with van der Waals surface area (Å²) in [5.74, 6) is -1.07. The van der Waals surface area contributed by atoms with Gasteiger partial charge < -0.3 is 10.1 Å². The summed E-state index contributed by atoms with van der Waals surface area (Å²) in [6.07, 6.45) is 0.675. The number of halogens is 4. The highest BCUT2D eigenvalue weighted by Gasteiger charge is 2.27. The summed E-state index contributed by atoms with van der Waals surface area (Å²) < 4.78 is 6.87. The molecule has 0 atom stereocenters. The second kappa shape index (κ2) is 11.3. The molecule has 11 nitrogen and oxygen atoms in total. The number of ether oxygens (including phenoxy) is 1. The van der Waals surface area contributed by atoms with Gasteiger partial charge in [0, 0.05) is 23.3 Å². The Morgan fingerprint density at radius 2 is 1.94 bits per heavy atom. The molecule has 3 rings (SSSR count). The van der Waals surface area contributed by atoms with Gasteiger partial charge in [-0.05, 0) is 72.9 Å². The maximum atomic E-state index is 13.3. The van der Waals surface area contributed by atoms with E-state index >= 15 is 0 Å². The summed E-state index contributed by atoms with van der Waals surface area (Å²) in [5.41, 5.74) is 2.31. The number of rotatable bonds is 5. The van der Waals surface area contributed by atoms with Crippen molar-refractivity contribution in [3.05, 3.63) is 60.6 Å². The fourth-order valence-corrected chi connectivity index (χ4v) is 4.50. The number of hydrogen-bond acceptors (Lipinski definition) is 7. The Hall–Kier alpha value is -2.55. The first-order valence-electron chi connectivity index (χ1n) is 9.36. The highest BCUT2D eigenvalue weighted by atomic mass is 79.9. The standard InChI is InChI=1S/C19H15Br3ClN7O4/c1-3-29(28-19(33)34-2)18(32)15-14(9(20)7-12(21)25-15)26-17(31)11-8-13(22)27-30(11)16-10(23)5-4-6-24-16/h4-8H,3H2,1-2H3,(H,26,31)(H,28,33). The Morgan fingerprint density at radius 3 is 2.59 bits per heavy atom. The quantitative estimate of drug-likeness (QED) is 0.298. The van der Waals surface area contributed by atoms with Crippen molar-refractivity contribution in [2.45, 2.75) is 6.92 Å². The fraction of sp³-hybridized carbons (Fsp3) is 0.158. The number of hydrazine groups is 1. The van der Waals surface area contributed by atoms with E-state index in [4.69, 9.17) is 11.6 Å². The van der Waals surface area contributed by atoms with Crippen molar-refractivity contribution < 1.29 is 19.1 Å². The topological polar surface area (TPSA) is 131 Å². The zero-order chi connectivity index (χ0) is 25.0. The Kier molecular flexibility index (Phi) is 8.62. The normalized spacial score (nSPS) is 10.5. The van der Waals surface area contributed by atoms with Crippen LogP contribution in [0.4, 0.5) is 10.5 Å². The Labute approximate surface area is 223 Å². The summed E-state index contributed by atoms with van der Waals surface area (Å²) in [6.45, 7) is 1.75. The van der Waals surface area contributed by atoms with Crippen molar-refractivity contribution in [2.24, 2.45) is 0 Å². The number of carbonyl (C=O) groups is 3. The second-order valence-electron chi connectivity index (χ2n) is 6.33. The molecule has 3 amide bonds. The van der Waals surface area contributed by atoms with E-state index in [9.17, 15) is 14.4 Å². The molecule has 2 N–H and O–H groups in total. The Bertz CT molecular complexity index is 1270. The first-order valence-corrected chi connectivity index (χ1v) is 12.1. The van der Waals surface area contributed by atoms with E-state index in [1.165, 1.54) is 24.1 Å². The van der Waals surface area contributed by atoms with Gasteiger partial charge in [-0.1, -0.05) is 11.6 Å². The summed E-state index contributed by atoms with van der Waals surface area (Å²) in [6, 6.07) is 6.29. The summed E-state index contributed by atoms with van der Waals surface area (Å²) >= 11 is 16.1. The van der Waals surface area contributed by atoms with Crippen LogP contribution in [-0.4, -0.2) is 56.3 Å². The van der Waals surface area contributed by atoms with Crippen LogP contribution in [0.5, 0.6) is 0 Å². The van der Waals surface area contributed by atoms with Crippen molar-refractivity contribution in [3.63, 3.8) is 0 Å². The molecule has 3 heterocycles. The highest BCUT2D eigenvalue weighted by molar-refractivity contribution is 9.11. The number of nitrogens with zero attached hydrogens (tertiary/aromatic N) is 5. The van der Waals surface area contributed by atoms with Crippen LogP contribution < -0.4 is 10.7 Å². The molecule has 0 aliphatic rings. The van der Waals surface area contributed by atoms with Crippen molar-refractivity contribution in [3.8, 4) is 5.82 Å². The first kappa shape index (κ1) is 26.1. The number of hydrogen-bond donors (Lipinski definition) is 2. The molecule has 0 aromatic carbocycles. The van der Waals surface area contributed by atoms with Gasteiger partial charge in [0.25, 0.3) is 11.8 Å². The molecule has 0 spiro atoms. The third-order valence-corrected chi connectivity index (χ3v) is 5.92. The molecule has 0 saturated heterocycles. The van der Waals surface area contributed by atoms with Gasteiger partial charge in [0.15, 0.2) is 11.5 Å². The van der Waals surface area contributed by atoms with Crippen LogP contribution >= 0.6 is 59.4 Å². The minimum absolute atomic E-state index is 0.0688. The van der Waals surface area contributed by atoms with Gasteiger partial charge in [0.2, 0.25) is 0 Å². The van der Waals surface area contributed by atoms with Crippen molar-refractivity contribution in [1.29, 1.82) is 0 Å². The SMILES string of the molecule is CCN(NC(=O)OC)C(=O)c1nc(Br)cc(Br)c1NC(=O)c1cc(Br)nn1-c1ncccc1Cl. The number of aromatic nitrogens is 4. The average molecular weight is 681 g/mol. The molecular formula is C19H15Br3ClN7O4. The van der Waals surface area contributed by atoms with E-state index < -0.39 is 17.9 Å².